The van der Waals surface area contributed by atoms with E-state index in [1.165, 1.54) is 27.7 Å². The molecule has 32 heavy (non-hydrogen) atoms. The lowest BCUT2D eigenvalue weighted by molar-refractivity contribution is -0.193. The van der Waals surface area contributed by atoms with Crippen LogP contribution in [0.1, 0.15) is 27.7 Å². The first-order chi connectivity index (χ1) is 14.7. The summed E-state index contributed by atoms with van der Waals surface area (Å²) >= 11 is 0. The molecule has 0 fully saturated rings. The molecule has 0 aliphatic heterocycles. The van der Waals surface area contributed by atoms with Crippen LogP contribution in [0.3, 0.4) is 0 Å². The quantitative estimate of drug-likeness (QED) is 0.185. The third kappa shape index (κ3) is 11.3. The first-order valence-electron chi connectivity index (χ1n) is 9.00. The van der Waals surface area contributed by atoms with Crippen LogP contribution in [0, 0.1) is 0 Å². The van der Waals surface area contributed by atoms with E-state index in [1.807, 2.05) is 0 Å². The van der Waals surface area contributed by atoms with Gasteiger partial charge in [0.25, 0.3) is 12.6 Å². The van der Waals surface area contributed by atoms with Crippen LogP contribution in [0.5, 0.6) is 0 Å². The fourth-order valence-electron chi connectivity index (χ4n) is 1.38. The van der Waals surface area contributed by atoms with E-state index >= 15 is 0 Å². The Bertz CT molecular complexity index is 700. The number of rotatable bonds is 12. The van der Waals surface area contributed by atoms with E-state index in [1.54, 1.807) is 0 Å². The predicted octanol–water partition coefficient (Wildman–Crippen LogP) is 2.27. The summed E-state index contributed by atoms with van der Waals surface area (Å²) < 4.78 is 28.9. The molecule has 176 valence electrons. The Morgan fingerprint density at radius 1 is 0.531 bits per heavy atom. The third-order valence-electron chi connectivity index (χ3n) is 3.02. The molecule has 0 saturated carbocycles. The molecule has 0 unspecified atom stereocenters. The molecule has 0 aromatic heterocycles. The van der Waals surface area contributed by atoms with Crippen molar-refractivity contribution in [3.63, 3.8) is 0 Å². The summed E-state index contributed by atoms with van der Waals surface area (Å²) in [5.41, 5.74) is 0.0202. The molecule has 0 N–H and O–H groups in total. The van der Waals surface area contributed by atoms with E-state index in [0.717, 1.165) is 0 Å². The van der Waals surface area contributed by atoms with Gasteiger partial charge in [0.15, 0.2) is 13.2 Å². The van der Waals surface area contributed by atoms with Crippen LogP contribution >= 0.6 is 0 Å². The van der Waals surface area contributed by atoms with E-state index < -0.39 is 55.8 Å². The summed E-state index contributed by atoms with van der Waals surface area (Å²) in [6.07, 6.45) is -4.57. The Kier molecular flexibility index (Phi) is 11.8. The van der Waals surface area contributed by atoms with Crippen LogP contribution in [-0.2, 0) is 47.6 Å². The van der Waals surface area contributed by atoms with Gasteiger partial charge in [-0.05, 0) is 27.7 Å². The molecule has 0 aliphatic carbocycles. The highest BCUT2D eigenvalue weighted by Crippen LogP contribution is 2.08. The van der Waals surface area contributed by atoms with Crippen molar-refractivity contribution in [1.82, 2.24) is 0 Å². The Labute approximate surface area is 185 Å². The summed E-state index contributed by atoms with van der Waals surface area (Å²) in [5.74, 6) is -3.61. The van der Waals surface area contributed by atoms with Crippen molar-refractivity contribution in [2.45, 2.75) is 40.3 Å². The Balaban J connectivity index is 4.99. The molecule has 0 heterocycles. The predicted molar refractivity (Wildman–Crippen MR) is 109 cm³/mol. The second kappa shape index (κ2) is 13.4. The Morgan fingerprint density at radius 2 is 0.750 bits per heavy atom. The van der Waals surface area contributed by atoms with Crippen molar-refractivity contribution < 1.29 is 52.4 Å². The molecule has 11 heteroatoms. The van der Waals surface area contributed by atoms with Gasteiger partial charge in [-0.25, -0.2) is 24.0 Å². The van der Waals surface area contributed by atoms with Gasteiger partial charge in [-0.15, -0.1) is 0 Å². The van der Waals surface area contributed by atoms with E-state index in [2.05, 4.69) is 26.3 Å². The molecular weight excluding hydrogens is 428 g/mol. The zero-order chi connectivity index (χ0) is 25.0. The molecule has 0 radical (unpaired) electrons. The van der Waals surface area contributed by atoms with Crippen LogP contribution in [0.15, 0.2) is 48.6 Å². The zero-order valence-corrected chi connectivity index (χ0v) is 18.4. The lowest BCUT2D eigenvalue weighted by Gasteiger charge is -2.20. The zero-order valence-electron chi connectivity index (χ0n) is 18.4. The largest absolute Gasteiger partial charge is 0.508 e. The van der Waals surface area contributed by atoms with Gasteiger partial charge in [0.1, 0.15) is 0 Å². The molecule has 0 amide bonds. The fraction of sp³-hybridized carbons (Fsp3) is 0.381. The topological polar surface area (TPSA) is 141 Å². The van der Waals surface area contributed by atoms with Gasteiger partial charge in [0, 0.05) is 22.3 Å². The SMILES string of the molecule is C=C(C)C(=O)OC(COC(=O)OCC(OC(=O)C(=C)C)OC(=O)C(=C)C)OC(=O)C(=C)C. The first-order valence-corrected chi connectivity index (χ1v) is 9.00. The average molecular weight is 454 g/mol. The lowest BCUT2D eigenvalue weighted by Crippen LogP contribution is -2.33. The molecule has 0 aliphatic rings. The summed E-state index contributed by atoms with van der Waals surface area (Å²) in [5, 5.41) is 0. The second-order valence-electron chi connectivity index (χ2n) is 6.47. The van der Waals surface area contributed by atoms with Crippen molar-refractivity contribution in [3.8, 4) is 0 Å². The first kappa shape index (κ1) is 28.1. The standard InChI is InChI=1S/C21H26O11/c1-11(2)17(22)29-15(30-18(23)12(3)4)9-27-21(26)28-10-16(31-19(24)13(5)6)32-20(25)14(7)8/h15-16H,1,3,5,7,9-10H2,2,4,6,8H3. The number of hydrogen-bond donors (Lipinski definition) is 0. The van der Waals surface area contributed by atoms with Gasteiger partial charge >= 0.3 is 30.0 Å². The minimum absolute atomic E-state index is 0.00504. The van der Waals surface area contributed by atoms with Crippen molar-refractivity contribution >= 4 is 30.0 Å². The van der Waals surface area contributed by atoms with Gasteiger partial charge in [-0.2, -0.15) is 0 Å². The third-order valence-corrected chi connectivity index (χ3v) is 3.02. The molecule has 0 aromatic carbocycles. The van der Waals surface area contributed by atoms with Crippen molar-refractivity contribution in [3.05, 3.63) is 48.6 Å². The average Bonchev–Trinajstić information content (AvgIpc) is 2.69. The van der Waals surface area contributed by atoms with Gasteiger partial charge in [0.2, 0.25) is 0 Å². The molecule has 11 nitrogen and oxygen atoms in total. The fourth-order valence-corrected chi connectivity index (χ4v) is 1.38. The van der Waals surface area contributed by atoms with Gasteiger partial charge < -0.3 is 28.4 Å². The number of carbonyl (C=O) groups excluding carboxylic acids is 5. The Hall–Kier alpha value is -3.89. The summed E-state index contributed by atoms with van der Waals surface area (Å²) in [6.45, 7) is 17.5. The van der Waals surface area contributed by atoms with E-state index in [4.69, 9.17) is 28.4 Å². The minimum Gasteiger partial charge on any atom is -0.426 e. The highest BCUT2D eigenvalue weighted by molar-refractivity contribution is 5.89. The van der Waals surface area contributed by atoms with E-state index in [-0.39, 0.29) is 22.3 Å². The summed E-state index contributed by atoms with van der Waals surface area (Å²) in [7, 11) is 0. The van der Waals surface area contributed by atoms with E-state index in [9.17, 15) is 24.0 Å². The molecule has 0 bridgehead atoms. The molecule has 0 rings (SSSR count). The van der Waals surface area contributed by atoms with E-state index in [0.29, 0.717) is 0 Å². The summed E-state index contributed by atoms with van der Waals surface area (Å²) in [4.78, 5) is 58.5. The second-order valence-corrected chi connectivity index (χ2v) is 6.47. The van der Waals surface area contributed by atoms with Crippen molar-refractivity contribution in [2.75, 3.05) is 13.2 Å². The number of hydrogen-bond acceptors (Lipinski definition) is 11. The number of esters is 4. The monoisotopic (exact) mass is 454 g/mol. The number of ether oxygens (including phenoxy) is 6. The van der Waals surface area contributed by atoms with Crippen LogP contribution in [-0.4, -0.2) is 55.8 Å². The lowest BCUT2D eigenvalue weighted by atomic mass is 10.3. The Morgan fingerprint density at radius 3 is 0.938 bits per heavy atom. The minimum atomic E-state index is -1.62. The maximum Gasteiger partial charge on any atom is 0.508 e. The van der Waals surface area contributed by atoms with Gasteiger partial charge in [-0.3, -0.25) is 0 Å². The maximum absolute atomic E-state index is 11.9. The highest BCUT2D eigenvalue weighted by atomic mass is 16.8. The van der Waals surface area contributed by atoms with Crippen molar-refractivity contribution in [2.24, 2.45) is 0 Å². The molecule has 0 saturated heterocycles. The molecule has 0 aromatic rings. The summed E-state index contributed by atoms with van der Waals surface area (Å²) in [6, 6.07) is 0. The normalized spacial score (nSPS) is 9.94. The van der Waals surface area contributed by atoms with Gasteiger partial charge in [-0.1, -0.05) is 26.3 Å². The van der Waals surface area contributed by atoms with Crippen molar-refractivity contribution in [1.29, 1.82) is 0 Å². The van der Waals surface area contributed by atoms with Crippen LogP contribution in [0.4, 0.5) is 4.79 Å². The highest BCUT2D eigenvalue weighted by Gasteiger charge is 2.25. The van der Waals surface area contributed by atoms with Crippen LogP contribution in [0.25, 0.3) is 0 Å². The number of carbonyl (C=O) groups is 5. The maximum atomic E-state index is 11.9. The molecular formula is C21H26O11. The molecule has 0 spiro atoms. The van der Waals surface area contributed by atoms with Gasteiger partial charge in [0.05, 0.1) is 0 Å². The smallest absolute Gasteiger partial charge is 0.426 e. The van der Waals surface area contributed by atoms with Crippen LogP contribution in [0.2, 0.25) is 0 Å². The molecule has 0 atom stereocenters. The van der Waals surface area contributed by atoms with Crippen LogP contribution < -0.4 is 0 Å².